The van der Waals surface area contributed by atoms with E-state index in [2.05, 4.69) is 53.0 Å². The third-order valence-electron chi connectivity index (χ3n) is 13.0. The highest BCUT2D eigenvalue weighted by atomic mass is 16.2. The minimum Gasteiger partial charge on any atom is -0.378 e. The summed E-state index contributed by atoms with van der Waals surface area (Å²) < 4.78 is 0. The molecule has 23 nitrogen and oxygen atoms in total. The van der Waals surface area contributed by atoms with E-state index in [1.807, 2.05) is 58.8 Å². The van der Waals surface area contributed by atoms with Crippen LogP contribution in [0.25, 0.3) is 0 Å². The van der Waals surface area contributed by atoms with E-state index in [0.717, 1.165) is 5.69 Å². The molecule has 1 aromatic rings. The van der Waals surface area contributed by atoms with Gasteiger partial charge in [-0.1, -0.05) is 55.4 Å². The highest BCUT2D eigenvalue weighted by Crippen LogP contribution is 2.27. The predicted molar refractivity (Wildman–Crippen MR) is 290 cm³/mol. The van der Waals surface area contributed by atoms with Crippen LogP contribution in [-0.4, -0.2) is 140 Å². The first-order chi connectivity index (χ1) is 35.5. The summed E-state index contributed by atoms with van der Waals surface area (Å²) in [6.07, 6.45) is 1.77. The molecule has 2 heterocycles. The molecular formula is C53H87N13O10. The average Bonchev–Trinajstić information content (AvgIpc) is 3.78. The lowest BCUT2D eigenvalue weighted by Crippen LogP contribution is -2.64. The molecule has 424 valence electrons. The molecule has 1 fully saturated rings. The number of nitrogens with two attached hydrogens (primary N) is 1. The van der Waals surface area contributed by atoms with Gasteiger partial charge in [0.2, 0.25) is 53.2 Å². The molecule has 2 aliphatic heterocycles. The van der Waals surface area contributed by atoms with Gasteiger partial charge in [0.05, 0.1) is 5.69 Å². The molecule has 0 radical (unpaired) electrons. The van der Waals surface area contributed by atoms with Crippen molar-refractivity contribution in [3.8, 4) is 0 Å². The number of nitrogens with zero attached hydrogens (tertiary/aromatic N) is 3. The standard InChI is InChI=1S/C53H87N13O10/c1-29(2)26-38(44(54)68)60-46(70)36-18-14-16-24-55-45(69)40-28-41(66(64-40)35-22-20-34(21-23-35)65(12)13)49(73)56-25-17-15-19-37(58-50(74)42(31(5)6)57-33(9)67)47(71)61-39(27-30(3)4)48(72)63-53(10,11)52(76)62-43(32(7)8)51(75)59-36/h20-23,29-32,36-39,41-43H,14-19,24-28H2,1-13H3,(H2,54,68)(H,55,69)(H,56,73)(H,57,67)(H,58,74)(H,59,75)(H,60,70)(H,61,71)(H,62,76)(H,63,72)/t36-,37-,38-,39-,41?,42-,43-/m0/s1. The third kappa shape index (κ3) is 19.7. The maximum absolute atomic E-state index is 14.3. The quantitative estimate of drug-likeness (QED) is 0.125. The molecule has 2 bridgehead atoms. The van der Waals surface area contributed by atoms with Gasteiger partial charge in [-0.3, -0.25) is 53.0 Å². The highest BCUT2D eigenvalue weighted by molar-refractivity contribution is 6.40. The number of fused-ring (bicyclic) bond motifs is 2. The molecule has 76 heavy (non-hydrogen) atoms. The largest absolute Gasteiger partial charge is 0.378 e. The molecule has 0 aliphatic carbocycles. The van der Waals surface area contributed by atoms with Crippen molar-refractivity contribution in [1.29, 1.82) is 0 Å². The normalized spacial score (nSPS) is 22.8. The van der Waals surface area contributed by atoms with Crippen LogP contribution in [0.3, 0.4) is 0 Å². The molecule has 0 spiro atoms. The Kier molecular flexibility index (Phi) is 24.6. The molecule has 0 saturated carbocycles. The van der Waals surface area contributed by atoms with Gasteiger partial charge in [0.25, 0.3) is 5.91 Å². The number of benzene rings is 1. The minimum atomic E-state index is -1.67. The Morgan fingerprint density at radius 3 is 1.95 bits per heavy atom. The molecule has 7 atom stereocenters. The van der Waals surface area contributed by atoms with Crippen molar-refractivity contribution in [2.45, 2.75) is 182 Å². The second-order valence-corrected chi connectivity index (χ2v) is 22.2. The van der Waals surface area contributed by atoms with Crippen molar-refractivity contribution in [3.63, 3.8) is 0 Å². The van der Waals surface area contributed by atoms with E-state index in [0.29, 0.717) is 31.4 Å². The van der Waals surface area contributed by atoms with Gasteiger partial charge >= 0.3 is 0 Å². The highest BCUT2D eigenvalue weighted by Gasteiger charge is 2.39. The summed E-state index contributed by atoms with van der Waals surface area (Å²) in [4.78, 5) is 139. The number of primary amides is 1. The summed E-state index contributed by atoms with van der Waals surface area (Å²) in [6.45, 7) is 18.7. The summed E-state index contributed by atoms with van der Waals surface area (Å²) in [5.74, 6) is -7.37. The van der Waals surface area contributed by atoms with Crippen molar-refractivity contribution >= 4 is 76.2 Å². The SMILES string of the molecule is CC(=O)N[C@H](C(=O)N[C@H]1CCCCNC(=O)C2CC(=NN2c2ccc(N(C)C)cc2)C(=O)NCCCC[C@@H](C(=O)N[C@@H](CC(C)C)C(N)=O)NC(=O)[C@H](C(C)C)NC(=O)C(C)(C)NC(=O)[C@H](CC(C)C)NC1=O)C(C)C. The lowest BCUT2D eigenvalue weighted by molar-refractivity contribution is -0.138. The first-order valence-electron chi connectivity index (χ1n) is 26.6. The number of hydrogen-bond acceptors (Lipinski definition) is 13. The molecule has 11 N–H and O–H groups in total. The average molecular weight is 1070 g/mol. The molecule has 0 aromatic heterocycles. The summed E-state index contributed by atoms with van der Waals surface area (Å²) >= 11 is 0. The third-order valence-corrected chi connectivity index (χ3v) is 13.0. The first-order valence-corrected chi connectivity index (χ1v) is 26.6. The van der Waals surface area contributed by atoms with E-state index in [1.165, 1.54) is 25.8 Å². The van der Waals surface area contributed by atoms with Crippen molar-refractivity contribution in [3.05, 3.63) is 24.3 Å². The lowest BCUT2D eigenvalue weighted by atomic mass is 9.97. The predicted octanol–water partition coefficient (Wildman–Crippen LogP) is 0.987. The smallest absolute Gasteiger partial charge is 0.267 e. The van der Waals surface area contributed by atoms with Crippen LogP contribution in [0.1, 0.15) is 134 Å². The summed E-state index contributed by atoms with van der Waals surface area (Å²) in [5.41, 5.74) is 5.57. The Labute approximate surface area is 448 Å². The Hall–Kier alpha value is -6.81. The summed E-state index contributed by atoms with van der Waals surface area (Å²) in [5, 5.41) is 31.0. The van der Waals surface area contributed by atoms with Crippen LogP contribution in [0.2, 0.25) is 0 Å². The van der Waals surface area contributed by atoms with Gasteiger partial charge in [0, 0.05) is 46.2 Å². The van der Waals surface area contributed by atoms with E-state index in [4.69, 9.17) is 5.73 Å². The van der Waals surface area contributed by atoms with Crippen molar-refractivity contribution < 1.29 is 47.9 Å². The first kappa shape index (κ1) is 63.5. The Bertz CT molecular complexity index is 2250. The van der Waals surface area contributed by atoms with E-state index in [1.54, 1.807) is 39.8 Å². The van der Waals surface area contributed by atoms with Gasteiger partial charge in [0.1, 0.15) is 53.5 Å². The minimum absolute atomic E-state index is 0.0177. The fourth-order valence-electron chi connectivity index (χ4n) is 8.66. The Morgan fingerprint density at radius 2 is 1.39 bits per heavy atom. The monoisotopic (exact) mass is 1070 g/mol. The zero-order valence-corrected chi connectivity index (χ0v) is 46.9. The molecule has 1 unspecified atom stereocenters. The van der Waals surface area contributed by atoms with Gasteiger partial charge < -0.3 is 58.5 Å². The number of rotatable bonds is 14. The second kappa shape index (κ2) is 29.5. The number of nitrogens with one attached hydrogen (secondary N) is 9. The van der Waals surface area contributed by atoms with Gasteiger partial charge in [-0.05, 0) is 113 Å². The van der Waals surface area contributed by atoms with Crippen molar-refractivity contribution in [2.75, 3.05) is 37.1 Å². The fraction of sp³-hybridized carbons (Fsp3) is 0.679. The maximum Gasteiger partial charge on any atom is 0.267 e. The number of carbonyl (C=O) groups is 10. The Balaban J connectivity index is 2.07. The van der Waals surface area contributed by atoms with Crippen LogP contribution in [0.4, 0.5) is 11.4 Å². The van der Waals surface area contributed by atoms with Crippen LogP contribution in [0.15, 0.2) is 29.4 Å². The zero-order chi connectivity index (χ0) is 57.2. The van der Waals surface area contributed by atoms with Crippen molar-refractivity contribution in [2.24, 2.45) is 34.5 Å². The van der Waals surface area contributed by atoms with E-state index >= 15 is 0 Å². The van der Waals surface area contributed by atoms with Crippen LogP contribution >= 0.6 is 0 Å². The van der Waals surface area contributed by atoms with Crippen LogP contribution in [0, 0.1) is 23.7 Å². The topological polar surface area (TPSA) is 324 Å². The zero-order valence-electron chi connectivity index (χ0n) is 46.9. The van der Waals surface area contributed by atoms with Crippen LogP contribution in [-0.2, 0) is 47.9 Å². The molecular weight excluding hydrogens is 979 g/mol. The Morgan fingerprint density at radius 1 is 0.776 bits per heavy atom. The molecule has 23 heteroatoms. The van der Waals surface area contributed by atoms with Gasteiger partial charge in [0.15, 0.2) is 0 Å². The van der Waals surface area contributed by atoms with Gasteiger partial charge in [-0.15, -0.1) is 0 Å². The van der Waals surface area contributed by atoms with Gasteiger partial charge in [-0.2, -0.15) is 5.10 Å². The molecule has 3 rings (SSSR count). The van der Waals surface area contributed by atoms with E-state index < -0.39 is 113 Å². The molecule has 10 amide bonds. The fourth-order valence-corrected chi connectivity index (χ4v) is 8.66. The van der Waals surface area contributed by atoms with E-state index in [-0.39, 0.29) is 68.7 Å². The molecule has 1 saturated heterocycles. The molecule has 2 aliphatic rings. The number of hydrogen-bond donors (Lipinski definition) is 10. The summed E-state index contributed by atoms with van der Waals surface area (Å²) in [6, 6.07) is -0.457. The molecule has 1 aromatic carbocycles. The van der Waals surface area contributed by atoms with Crippen LogP contribution in [0.5, 0.6) is 0 Å². The maximum atomic E-state index is 14.3. The van der Waals surface area contributed by atoms with Gasteiger partial charge in [-0.25, -0.2) is 0 Å². The number of amides is 10. The summed E-state index contributed by atoms with van der Waals surface area (Å²) in [7, 11) is 3.78. The van der Waals surface area contributed by atoms with Crippen molar-refractivity contribution in [1.82, 2.24) is 47.9 Å². The number of anilines is 2. The van der Waals surface area contributed by atoms with Crippen LogP contribution < -0.4 is 63.5 Å². The van der Waals surface area contributed by atoms with E-state index in [9.17, 15) is 47.9 Å². The second-order valence-electron chi connectivity index (χ2n) is 22.2. The lowest BCUT2D eigenvalue weighted by Gasteiger charge is -2.32. The number of hydrazone groups is 1. The number of carbonyl (C=O) groups excluding carboxylic acids is 10.